The summed E-state index contributed by atoms with van der Waals surface area (Å²) in [7, 11) is 1.30. The Morgan fingerprint density at radius 3 is 2.67 bits per heavy atom. The lowest BCUT2D eigenvalue weighted by atomic mass is 10.0. The van der Waals surface area contributed by atoms with E-state index in [1.54, 1.807) is 6.92 Å². The zero-order valence-corrected chi connectivity index (χ0v) is 8.75. The second-order valence-corrected chi connectivity index (χ2v) is 3.19. The number of carbonyl (C=O) groups is 1. The highest BCUT2D eigenvalue weighted by atomic mass is 16.7. The highest BCUT2D eigenvalue weighted by Crippen LogP contribution is 2.20. The van der Waals surface area contributed by atoms with E-state index >= 15 is 0 Å². The Bertz CT molecular complexity index is 219. The van der Waals surface area contributed by atoms with E-state index in [0.29, 0.717) is 6.61 Å². The van der Waals surface area contributed by atoms with Gasteiger partial charge in [0.25, 0.3) is 0 Å². The number of aliphatic hydroxyl groups excluding tert-OH is 2. The van der Waals surface area contributed by atoms with Crippen LogP contribution in [0.1, 0.15) is 6.92 Å². The molecule has 6 heteroatoms. The van der Waals surface area contributed by atoms with Crippen molar-refractivity contribution in [2.45, 2.75) is 31.5 Å². The fourth-order valence-electron chi connectivity index (χ4n) is 1.52. The molecule has 0 saturated carbocycles. The van der Waals surface area contributed by atoms with Gasteiger partial charge in [0.1, 0.15) is 18.3 Å². The minimum absolute atomic E-state index is 0.326. The van der Waals surface area contributed by atoms with E-state index in [1.807, 2.05) is 0 Å². The number of ether oxygens (including phenoxy) is 3. The molecule has 1 saturated heterocycles. The summed E-state index contributed by atoms with van der Waals surface area (Å²) >= 11 is 0. The summed E-state index contributed by atoms with van der Waals surface area (Å²) in [5.41, 5.74) is 0. The van der Waals surface area contributed by atoms with E-state index in [9.17, 15) is 9.90 Å². The van der Waals surface area contributed by atoms with E-state index in [-0.39, 0.29) is 6.61 Å². The Morgan fingerprint density at radius 1 is 1.53 bits per heavy atom. The minimum atomic E-state index is -1.32. The van der Waals surface area contributed by atoms with Crippen molar-refractivity contribution in [3.8, 4) is 0 Å². The molecule has 0 aromatic rings. The lowest BCUT2D eigenvalue weighted by Gasteiger charge is -2.36. The van der Waals surface area contributed by atoms with Gasteiger partial charge in [-0.15, -0.1) is 0 Å². The lowest BCUT2D eigenvalue weighted by molar-refractivity contribution is -0.240. The zero-order chi connectivity index (χ0) is 11.4. The Kier molecular flexibility index (Phi) is 4.62. The van der Waals surface area contributed by atoms with Crippen LogP contribution in [0, 0.1) is 0 Å². The molecular weight excluding hydrogens is 204 g/mol. The average Bonchev–Trinajstić information content (AvgIpc) is 2.25. The molecule has 1 aliphatic heterocycles. The van der Waals surface area contributed by atoms with Crippen LogP contribution < -0.4 is 0 Å². The van der Waals surface area contributed by atoms with Crippen LogP contribution >= 0.6 is 0 Å². The van der Waals surface area contributed by atoms with Crippen LogP contribution in [0.5, 0.6) is 0 Å². The number of ketones is 1. The Morgan fingerprint density at radius 2 is 2.20 bits per heavy atom. The Balaban J connectivity index is 2.75. The van der Waals surface area contributed by atoms with Gasteiger partial charge in [0.05, 0.1) is 6.61 Å². The molecule has 0 radical (unpaired) electrons. The molecule has 0 aliphatic carbocycles. The number of Topliss-reactive ketones (excluding diaryl/α,β-unsaturated/α-hetero) is 1. The first kappa shape index (κ1) is 12.5. The van der Waals surface area contributed by atoms with Gasteiger partial charge in [0.2, 0.25) is 12.1 Å². The normalized spacial score (nSPS) is 36.9. The molecule has 1 heterocycles. The molecule has 1 aliphatic rings. The third kappa shape index (κ3) is 2.53. The van der Waals surface area contributed by atoms with Crippen molar-refractivity contribution in [3.63, 3.8) is 0 Å². The van der Waals surface area contributed by atoms with Crippen LogP contribution in [0.15, 0.2) is 0 Å². The smallest absolute Gasteiger partial charge is 0.220 e. The molecule has 88 valence electrons. The van der Waals surface area contributed by atoms with Gasteiger partial charge in [-0.2, -0.15) is 0 Å². The van der Waals surface area contributed by atoms with Crippen LogP contribution in [0.2, 0.25) is 0 Å². The topological polar surface area (TPSA) is 85.2 Å². The third-order valence-corrected chi connectivity index (χ3v) is 2.25. The Labute approximate surface area is 87.7 Å². The summed E-state index contributed by atoms with van der Waals surface area (Å²) in [4.78, 5) is 11.4. The van der Waals surface area contributed by atoms with Crippen LogP contribution in [-0.4, -0.2) is 60.9 Å². The summed E-state index contributed by atoms with van der Waals surface area (Å²) in [6, 6.07) is 0. The zero-order valence-electron chi connectivity index (χ0n) is 8.75. The maximum absolute atomic E-state index is 11.4. The van der Waals surface area contributed by atoms with Crippen molar-refractivity contribution in [1.29, 1.82) is 0 Å². The number of hydrogen-bond acceptors (Lipinski definition) is 6. The predicted molar refractivity (Wildman–Crippen MR) is 49.2 cm³/mol. The van der Waals surface area contributed by atoms with Gasteiger partial charge in [-0.1, -0.05) is 0 Å². The highest BCUT2D eigenvalue weighted by molar-refractivity contribution is 5.87. The number of hydrogen-bond donors (Lipinski definition) is 2. The largest absolute Gasteiger partial charge is 0.394 e. The van der Waals surface area contributed by atoms with Gasteiger partial charge in [-0.25, -0.2) is 0 Å². The van der Waals surface area contributed by atoms with Crippen LogP contribution in [-0.2, 0) is 19.0 Å². The van der Waals surface area contributed by atoms with E-state index in [0.717, 1.165) is 0 Å². The van der Waals surface area contributed by atoms with Crippen LogP contribution in [0.4, 0.5) is 0 Å². The van der Waals surface area contributed by atoms with E-state index < -0.39 is 30.4 Å². The Hall–Kier alpha value is -0.530. The van der Waals surface area contributed by atoms with Crippen molar-refractivity contribution in [3.05, 3.63) is 0 Å². The molecule has 0 bridgehead atoms. The standard InChI is InChI=1S/C9H16O6/c1-3-14-8-5(4-10)15-9(13-2)7(12)6(8)11/h5-6,8-11H,3-4H2,1-2H3/t5-,6-,8-,9-/m1/s1. The third-order valence-electron chi connectivity index (χ3n) is 2.25. The summed E-state index contributed by atoms with van der Waals surface area (Å²) in [6.45, 7) is 1.72. The minimum Gasteiger partial charge on any atom is -0.394 e. The first-order valence-corrected chi connectivity index (χ1v) is 4.78. The highest BCUT2D eigenvalue weighted by Gasteiger charge is 2.44. The van der Waals surface area contributed by atoms with Crippen molar-refractivity contribution in [2.24, 2.45) is 0 Å². The second kappa shape index (κ2) is 5.53. The van der Waals surface area contributed by atoms with Gasteiger partial charge in [0, 0.05) is 13.7 Å². The SMILES string of the molecule is CCO[C@H]1[C@H](O)C(=O)[C@H](OC)O[C@@H]1CO. The summed E-state index contributed by atoms with van der Waals surface area (Å²) in [6.07, 6.45) is -4.03. The average molecular weight is 220 g/mol. The number of aliphatic hydroxyl groups is 2. The van der Waals surface area contributed by atoms with Crippen molar-refractivity contribution < 1.29 is 29.2 Å². The van der Waals surface area contributed by atoms with Crippen LogP contribution in [0.25, 0.3) is 0 Å². The molecule has 0 aromatic carbocycles. The second-order valence-electron chi connectivity index (χ2n) is 3.19. The van der Waals surface area contributed by atoms with Gasteiger partial charge < -0.3 is 24.4 Å². The number of methoxy groups -OCH3 is 1. The molecule has 4 atom stereocenters. The molecule has 0 aromatic heterocycles. The molecule has 0 amide bonds. The van der Waals surface area contributed by atoms with Crippen molar-refractivity contribution in [1.82, 2.24) is 0 Å². The fourth-order valence-corrected chi connectivity index (χ4v) is 1.52. The van der Waals surface area contributed by atoms with Gasteiger partial charge >= 0.3 is 0 Å². The molecule has 0 spiro atoms. The molecule has 6 nitrogen and oxygen atoms in total. The quantitative estimate of drug-likeness (QED) is 0.611. The molecule has 1 rings (SSSR count). The molecular formula is C9H16O6. The number of carbonyl (C=O) groups excluding carboxylic acids is 1. The summed E-state index contributed by atoms with van der Waals surface area (Å²) < 4.78 is 15.0. The van der Waals surface area contributed by atoms with E-state index in [1.165, 1.54) is 7.11 Å². The monoisotopic (exact) mass is 220 g/mol. The maximum atomic E-state index is 11.4. The predicted octanol–water partition coefficient (Wildman–Crippen LogP) is -1.31. The first-order valence-electron chi connectivity index (χ1n) is 4.78. The van der Waals surface area contributed by atoms with Gasteiger partial charge in [-0.05, 0) is 6.92 Å². The van der Waals surface area contributed by atoms with Crippen LogP contribution in [0.3, 0.4) is 0 Å². The fraction of sp³-hybridized carbons (Fsp3) is 0.889. The maximum Gasteiger partial charge on any atom is 0.220 e. The van der Waals surface area contributed by atoms with Crippen molar-refractivity contribution >= 4 is 5.78 Å². The molecule has 2 N–H and O–H groups in total. The first-order chi connectivity index (χ1) is 7.15. The summed E-state index contributed by atoms with van der Waals surface area (Å²) in [5.74, 6) is -0.583. The molecule has 15 heavy (non-hydrogen) atoms. The molecule has 1 fully saturated rings. The van der Waals surface area contributed by atoms with Gasteiger partial charge in [0.15, 0.2) is 0 Å². The number of rotatable bonds is 4. The lowest BCUT2D eigenvalue weighted by Crippen LogP contribution is -2.57. The van der Waals surface area contributed by atoms with E-state index in [4.69, 9.17) is 19.3 Å². The summed E-state index contributed by atoms with van der Waals surface area (Å²) in [5, 5.41) is 18.6. The molecule has 0 unspecified atom stereocenters. The van der Waals surface area contributed by atoms with Gasteiger partial charge in [-0.3, -0.25) is 4.79 Å². The van der Waals surface area contributed by atoms with Crippen molar-refractivity contribution in [2.75, 3.05) is 20.3 Å². The van der Waals surface area contributed by atoms with E-state index in [2.05, 4.69) is 0 Å².